The number of nitrogens with zero attached hydrogens (tertiary/aromatic N) is 4. The molecule has 0 aliphatic carbocycles. The highest BCUT2D eigenvalue weighted by atomic mass is 16.5. The lowest BCUT2D eigenvalue weighted by atomic mass is 10.2. The van der Waals surface area contributed by atoms with Gasteiger partial charge in [0.25, 0.3) is 5.91 Å². The third-order valence-corrected chi connectivity index (χ3v) is 5.13. The molecule has 1 aliphatic rings. The second-order valence-corrected chi connectivity index (χ2v) is 7.22. The minimum Gasteiger partial charge on any atom is -0.497 e. The minimum absolute atomic E-state index is 0.183. The molecule has 32 heavy (non-hydrogen) atoms. The average Bonchev–Trinajstić information content (AvgIpc) is 2.85. The number of nitrogens with one attached hydrogen (secondary N) is 2. The van der Waals surface area contributed by atoms with Gasteiger partial charge in [0.1, 0.15) is 5.75 Å². The molecule has 0 bridgehead atoms. The molecule has 4 rings (SSSR count). The Bertz CT molecular complexity index is 1070. The van der Waals surface area contributed by atoms with Crippen molar-refractivity contribution < 1.29 is 14.3 Å². The van der Waals surface area contributed by atoms with E-state index in [9.17, 15) is 9.59 Å². The van der Waals surface area contributed by atoms with Gasteiger partial charge in [0.15, 0.2) is 0 Å². The molecule has 2 aromatic carbocycles. The highest BCUT2D eigenvalue weighted by Gasteiger charge is 2.22. The lowest BCUT2D eigenvalue weighted by Gasteiger charge is -2.34. The number of urea groups is 1. The maximum absolute atomic E-state index is 12.7. The standard InChI is InChI=1S/C23H24N6O3/c1-32-20-8-6-17(7-9-20)21(30)26-18-4-2-5-19(16-18)27-23(31)29-14-12-28(13-15-29)22-24-10-3-11-25-22/h2-11,16H,12-15H2,1H3,(H,26,30)(H,27,31). The summed E-state index contributed by atoms with van der Waals surface area (Å²) in [5, 5.41) is 5.75. The summed E-state index contributed by atoms with van der Waals surface area (Å²) in [4.78, 5) is 37.5. The molecule has 0 spiro atoms. The highest BCUT2D eigenvalue weighted by Crippen LogP contribution is 2.18. The topological polar surface area (TPSA) is 99.7 Å². The van der Waals surface area contributed by atoms with E-state index < -0.39 is 0 Å². The molecule has 9 heteroatoms. The van der Waals surface area contributed by atoms with Gasteiger partial charge in [0, 0.05) is 55.5 Å². The smallest absolute Gasteiger partial charge is 0.321 e. The quantitative estimate of drug-likeness (QED) is 0.643. The lowest BCUT2D eigenvalue weighted by molar-refractivity contribution is 0.102. The Balaban J connectivity index is 1.32. The Hall–Kier alpha value is -4.14. The van der Waals surface area contributed by atoms with Gasteiger partial charge in [-0.15, -0.1) is 0 Å². The van der Waals surface area contributed by atoms with Crippen LogP contribution in [-0.2, 0) is 0 Å². The fourth-order valence-electron chi connectivity index (χ4n) is 3.39. The van der Waals surface area contributed by atoms with E-state index in [0.717, 1.165) is 0 Å². The molecule has 2 N–H and O–H groups in total. The number of ether oxygens (including phenoxy) is 1. The molecule has 164 valence electrons. The first-order valence-electron chi connectivity index (χ1n) is 10.3. The van der Waals surface area contributed by atoms with Crippen LogP contribution >= 0.6 is 0 Å². The molecule has 9 nitrogen and oxygen atoms in total. The van der Waals surface area contributed by atoms with E-state index in [2.05, 4.69) is 25.5 Å². The van der Waals surface area contributed by atoms with Crippen LogP contribution in [0.15, 0.2) is 67.0 Å². The zero-order valence-electron chi connectivity index (χ0n) is 17.7. The first-order chi connectivity index (χ1) is 15.6. The number of piperazine rings is 1. The lowest BCUT2D eigenvalue weighted by Crippen LogP contribution is -2.50. The van der Waals surface area contributed by atoms with Crippen molar-refractivity contribution in [2.45, 2.75) is 0 Å². The third kappa shape index (κ3) is 5.12. The summed E-state index contributed by atoms with van der Waals surface area (Å²) in [7, 11) is 1.58. The van der Waals surface area contributed by atoms with Gasteiger partial charge in [-0.05, 0) is 48.5 Å². The second kappa shape index (κ2) is 9.78. The van der Waals surface area contributed by atoms with Gasteiger partial charge in [0.2, 0.25) is 5.95 Å². The molecule has 0 radical (unpaired) electrons. The van der Waals surface area contributed by atoms with Crippen LogP contribution in [0.2, 0.25) is 0 Å². The van der Waals surface area contributed by atoms with Crippen LogP contribution in [0.1, 0.15) is 10.4 Å². The van der Waals surface area contributed by atoms with Crippen LogP contribution in [0, 0.1) is 0 Å². The summed E-state index contributed by atoms with van der Waals surface area (Å²) < 4.78 is 5.11. The van der Waals surface area contributed by atoms with Crippen LogP contribution in [0.3, 0.4) is 0 Å². The first kappa shape index (κ1) is 21.1. The molecule has 3 aromatic rings. The molecule has 3 amide bonds. The van der Waals surface area contributed by atoms with Crippen molar-refractivity contribution in [2.24, 2.45) is 0 Å². The Labute approximate surface area is 186 Å². The summed E-state index contributed by atoms with van der Waals surface area (Å²) in [5.41, 5.74) is 1.71. The molecular weight excluding hydrogens is 408 g/mol. The predicted molar refractivity (Wildman–Crippen MR) is 122 cm³/mol. The van der Waals surface area contributed by atoms with Crippen molar-refractivity contribution >= 4 is 29.3 Å². The predicted octanol–water partition coefficient (Wildman–Crippen LogP) is 3.09. The van der Waals surface area contributed by atoms with Crippen molar-refractivity contribution in [3.63, 3.8) is 0 Å². The fourth-order valence-corrected chi connectivity index (χ4v) is 3.39. The Morgan fingerprint density at radius 1 is 0.875 bits per heavy atom. The summed E-state index contributed by atoms with van der Waals surface area (Å²) in [5.74, 6) is 1.12. The van der Waals surface area contributed by atoms with Crippen LogP contribution in [0.25, 0.3) is 0 Å². The summed E-state index contributed by atoms with van der Waals surface area (Å²) in [6.07, 6.45) is 3.42. The molecule has 0 atom stereocenters. The van der Waals surface area contributed by atoms with Gasteiger partial charge in [-0.3, -0.25) is 4.79 Å². The van der Waals surface area contributed by atoms with E-state index in [1.807, 2.05) is 0 Å². The summed E-state index contributed by atoms with van der Waals surface area (Å²) >= 11 is 0. The van der Waals surface area contributed by atoms with Gasteiger partial charge in [-0.2, -0.15) is 0 Å². The molecule has 0 unspecified atom stereocenters. The zero-order valence-corrected chi connectivity index (χ0v) is 17.7. The van der Waals surface area contributed by atoms with Crippen LogP contribution in [-0.4, -0.2) is 60.1 Å². The van der Waals surface area contributed by atoms with Crippen molar-refractivity contribution in [3.8, 4) is 5.75 Å². The number of carbonyl (C=O) groups excluding carboxylic acids is 2. The molecule has 1 aliphatic heterocycles. The number of benzene rings is 2. The largest absolute Gasteiger partial charge is 0.497 e. The number of amides is 3. The Morgan fingerprint density at radius 2 is 1.53 bits per heavy atom. The number of aromatic nitrogens is 2. The van der Waals surface area contributed by atoms with Gasteiger partial charge in [0.05, 0.1) is 7.11 Å². The van der Waals surface area contributed by atoms with E-state index in [1.165, 1.54) is 0 Å². The van der Waals surface area contributed by atoms with E-state index in [1.54, 1.807) is 79.0 Å². The number of hydrogen-bond acceptors (Lipinski definition) is 6. The van der Waals surface area contributed by atoms with Crippen LogP contribution < -0.4 is 20.3 Å². The Kier molecular flexibility index (Phi) is 6.45. The third-order valence-electron chi connectivity index (χ3n) is 5.13. The van der Waals surface area contributed by atoms with Crippen molar-refractivity contribution in [2.75, 3.05) is 48.8 Å². The Morgan fingerprint density at radius 3 is 2.19 bits per heavy atom. The van der Waals surface area contributed by atoms with Gasteiger partial charge in [-0.25, -0.2) is 14.8 Å². The molecule has 0 saturated carbocycles. The first-order valence-corrected chi connectivity index (χ1v) is 10.3. The number of anilines is 3. The molecule has 2 heterocycles. The summed E-state index contributed by atoms with van der Waals surface area (Å²) in [6.45, 7) is 2.46. The second-order valence-electron chi connectivity index (χ2n) is 7.22. The normalized spacial score (nSPS) is 13.4. The highest BCUT2D eigenvalue weighted by molar-refractivity contribution is 6.04. The minimum atomic E-state index is -0.240. The van der Waals surface area contributed by atoms with E-state index in [4.69, 9.17) is 4.74 Å². The fraction of sp³-hybridized carbons (Fsp3) is 0.217. The molecular formula is C23H24N6O3. The zero-order chi connectivity index (χ0) is 22.3. The van der Waals surface area contributed by atoms with Crippen LogP contribution in [0.5, 0.6) is 5.75 Å². The maximum atomic E-state index is 12.7. The molecule has 1 aromatic heterocycles. The monoisotopic (exact) mass is 432 g/mol. The SMILES string of the molecule is COc1ccc(C(=O)Nc2cccc(NC(=O)N3CCN(c4ncccn4)CC3)c2)cc1. The molecule has 1 fully saturated rings. The van der Waals surface area contributed by atoms with Crippen molar-refractivity contribution in [1.82, 2.24) is 14.9 Å². The number of methoxy groups -OCH3 is 1. The van der Waals surface area contributed by atoms with Gasteiger partial charge in [-0.1, -0.05) is 6.07 Å². The van der Waals surface area contributed by atoms with E-state index >= 15 is 0 Å². The van der Waals surface area contributed by atoms with Gasteiger partial charge < -0.3 is 25.2 Å². The van der Waals surface area contributed by atoms with E-state index in [0.29, 0.717) is 54.8 Å². The molecule has 1 saturated heterocycles. The summed E-state index contributed by atoms with van der Waals surface area (Å²) in [6, 6.07) is 15.5. The number of hydrogen-bond donors (Lipinski definition) is 2. The van der Waals surface area contributed by atoms with Crippen LogP contribution in [0.4, 0.5) is 22.1 Å². The van der Waals surface area contributed by atoms with E-state index in [-0.39, 0.29) is 11.9 Å². The average molecular weight is 432 g/mol. The number of rotatable bonds is 5. The maximum Gasteiger partial charge on any atom is 0.321 e. The number of carbonyl (C=O) groups is 2. The van der Waals surface area contributed by atoms with Crippen molar-refractivity contribution in [3.05, 3.63) is 72.6 Å². The van der Waals surface area contributed by atoms with Crippen molar-refractivity contribution in [1.29, 1.82) is 0 Å². The van der Waals surface area contributed by atoms with Gasteiger partial charge >= 0.3 is 6.03 Å².